The predicted octanol–water partition coefficient (Wildman–Crippen LogP) is 3.09. The smallest absolute Gasteiger partial charge is 0.302 e. The molecule has 1 atom stereocenters. The number of fused-ring (bicyclic) bond motifs is 1. The predicted molar refractivity (Wildman–Crippen MR) is 89.8 cm³/mol. The molecular formula is C18H18N2O4. The van der Waals surface area contributed by atoms with E-state index in [-0.39, 0.29) is 29.2 Å². The van der Waals surface area contributed by atoms with Gasteiger partial charge in [0.25, 0.3) is 5.69 Å². The summed E-state index contributed by atoms with van der Waals surface area (Å²) in [7, 11) is 0. The average Bonchev–Trinajstić information content (AvgIpc) is 2.91. The number of rotatable bonds is 5. The van der Waals surface area contributed by atoms with Gasteiger partial charge in [0.2, 0.25) is 0 Å². The van der Waals surface area contributed by atoms with E-state index in [1.807, 2.05) is 30.3 Å². The van der Waals surface area contributed by atoms with Gasteiger partial charge in [-0.15, -0.1) is 0 Å². The first kappa shape index (κ1) is 16.0. The maximum Gasteiger partial charge on any atom is 0.302 e. The molecule has 0 aromatic heterocycles. The highest BCUT2D eigenvalue weighted by atomic mass is 16.6. The number of benzene rings is 2. The van der Waals surface area contributed by atoms with Crippen LogP contribution in [0.3, 0.4) is 0 Å². The molecule has 0 radical (unpaired) electrons. The van der Waals surface area contributed by atoms with Gasteiger partial charge in [-0.25, -0.2) is 0 Å². The zero-order valence-corrected chi connectivity index (χ0v) is 13.3. The zero-order valence-electron chi connectivity index (χ0n) is 13.3. The molecule has 0 saturated heterocycles. The number of nitrogens with zero attached hydrogens (tertiary/aromatic N) is 2. The van der Waals surface area contributed by atoms with Crippen molar-refractivity contribution in [3.63, 3.8) is 0 Å². The largest absolute Gasteiger partial charge is 0.464 e. The Morgan fingerprint density at radius 1 is 1.29 bits per heavy atom. The van der Waals surface area contributed by atoms with Crippen molar-refractivity contribution >= 4 is 17.3 Å². The third kappa shape index (κ3) is 3.37. The van der Waals surface area contributed by atoms with E-state index in [0.29, 0.717) is 13.0 Å². The van der Waals surface area contributed by atoms with Crippen molar-refractivity contribution in [2.75, 3.05) is 11.5 Å². The van der Waals surface area contributed by atoms with Crippen molar-refractivity contribution < 1.29 is 14.5 Å². The number of non-ortho nitro benzene ring substituents is 1. The third-order valence-corrected chi connectivity index (χ3v) is 4.15. The van der Waals surface area contributed by atoms with E-state index in [2.05, 4.69) is 4.90 Å². The molecule has 0 aliphatic carbocycles. The first-order valence-corrected chi connectivity index (χ1v) is 7.76. The first-order chi connectivity index (χ1) is 11.5. The summed E-state index contributed by atoms with van der Waals surface area (Å²) in [6, 6.07) is 14.9. The number of carbonyl (C=O) groups excluding carboxylic acids is 1. The van der Waals surface area contributed by atoms with Crippen LogP contribution < -0.4 is 4.90 Å². The van der Waals surface area contributed by atoms with Gasteiger partial charge in [0, 0.05) is 31.3 Å². The van der Waals surface area contributed by atoms with Gasteiger partial charge in [0.15, 0.2) is 0 Å². The summed E-state index contributed by atoms with van der Waals surface area (Å²) in [6.07, 6.45) is 0.622. The topological polar surface area (TPSA) is 72.7 Å². The van der Waals surface area contributed by atoms with Crippen LogP contribution in [0, 0.1) is 10.1 Å². The number of esters is 1. The summed E-state index contributed by atoms with van der Waals surface area (Å²) in [5, 5.41) is 11.0. The molecule has 0 N–H and O–H groups in total. The lowest BCUT2D eigenvalue weighted by molar-refractivity contribution is -0.384. The Kier molecular flexibility index (Phi) is 4.46. The summed E-state index contributed by atoms with van der Waals surface area (Å²) in [5.74, 6) is -0.323. The molecular weight excluding hydrogens is 308 g/mol. The summed E-state index contributed by atoms with van der Waals surface area (Å²) < 4.78 is 5.19. The molecule has 2 aromatic rings. The minimum atomic E-state index is -0.388. The Hall–Kier alpha value is -2.89. The average molecular weight is 326 g/mol. The second-order valence-corrected chi connectivity index (χ2v) is 5.84. The van der Waals surface area contributed by atoms with Crippen molar-refractivity contribution in [3.8, 4) is 0 Å². The Morgan fingerprint density at radius 3 is 2.71 bits per heavy atom. The number of nitro groups is 1. The fourth-order valence-corrected chi connectivity index (χ4v) is 3.05. The van der Waals surface area contributed by atoms with Crippen LogP contribution in [0.15, 0.2) is 48.5 Å². The van der Waals surface area contributed by atoms with Crippen molar-refractivity contribution in [2.24, 2.45) is 0 Å². The monoisotopic (exact) mass is 326 g/mol. The SMILES string of the molecule is CC(=O)OCC1Cc2cc([N+](=O)[O-])ccc2N1Cc1ccccc1. The van der Waals surface area contributed by atoms with Crippen molar-refractivity contribution in [2.45, 2.75) is 25.9 Å². The van der Waals surface area contributed by atoms with Gasteiger partial charge in [-0.3, -0.25) is 14.9 Å². The summed E-state index contributed by atoms with van der Waals surface area (Å²) in [4.78, 5) is 23.9. The lowest BCUT2D eigenvalue weighted by Gasteiger charge is -2.27. The molecule has 6 nitrogen and oxygen atoms in total. The van der Waals surface area contributed by atoms with Crippen LogP contribution in [-0.2, 0) is 22.5 Å². The van der Waals surface area contributed by atoms with Crippen LogP contribution >= 0.6 is 0 Å². The fourth-order valence-electron chi connectivity index (χ4n) is 3.05. The summed E-state index contributed by atoms with van der Waals surface area (Å²) in [5.41, 5.74) is 3.09. The molecule has 6 heteroatoms. The van der Waals surface area contributed by atoms with Gasteiger partial charge < -0.3 is 9.64 Å². The van der Waals surface area contributed by atoms with Gasteiger partial charge >= 0.3 is 5.97 Å². The molecule has 0 fully saturated rings. The van der Waals surface area contributed by atoms with Crippen molar-refractivity contribution in [3.05, 3.63) is 69.8 Å². The van der Waals surface area contributed by atoms with Crippen molar-refractivity contribution in [1.29, 1.82) is 0 Å². The van der Waals surface area contributed by atoms with Gasteiger partial charge in [-0.05, 0) is 23.6 Å². The molecule has 2 aromatic carbocycles. The van der Waals surface area contributed by atoms with E-state index in [9.17, 15) is 14.9 Å². The molecule has 0 amide bonds. The van der Waals surface area contributed by atoms with E-state index < -0.39 is 0 Å². The minimum absolute atomic E-state index is 0.0221. The van der Waals surface area contributed by atoms with Crippen LogP contribution in [0.5, 0.6) is 0 Å². The minimum Gasteiger partial charge on any atom is -0.464 e. The highest BCUT2D eigenvalue weighted by Crippen LogP contribution is 2.36. The second-order valence-electron chi connectivity index (χ2n) is 5.84. The molecule has 0 spiro atoms. The molecule has 0 bridgehead atoms. The Labute approximate surface area is 139 Å². The number of nitro benzene ring substituents is 1. The van der Waals surface area contributed by atoms with E-state index in [4.69, 9.17) is 4.74 Å². The van der Waals surface area contributed by atoms with E-state index >= 15 is 0 Å². The summed E-state index contributed by atoms with van der Waals surface area (Å²) >= 11 is 0. The molecule has 1 heterocycles. The Morgan fingerprint density at radius 2 is 2.04 bits per heavy atom. The molecule has 24 heavy (non-hydrogen) atoms. The number of hydrogen-bond acceptors (Lipinski definition) is 5. The van der Waals surface area contributed by atoms with Crippen LogP contribution in [0.2, 0.25) is 0 Å². The number of hydrogen-bond donors (Lipinski definition) is 0. The zero-order chi connectivity index (χ0) is 17.1. The Bertz CT molecular complexity index is 761. The van der Waals surface area contributed by atoms with Crippen LogP contribution in [0.25, 0.3) is 0 Å². The molecule has 0 saturated carbocycles. The first-order valence-electron chi connectivity index (χ1n) is 7.76. The van der Waals surface area contributed by atoms with E-state index in [1.54, 1.807) is 12.1 Å². The lowest BCUT2D eigenvalue weighted by Crippen LogP contribution is -2.35. The van der Waals surface area contributed by atoms with Crippen LogP contribution in [-0.4, -0.2) is 23.5 Å². The Balaban J connectivity index is 1.89. The third-order valence-electron chi connectivity index (χ3n) is 4.15. The summed E-state index contributed by atoms with van der Waals surface area (Å²) in [6.45, 7) is 2.32. The van der Waals surface area contributed by atoms with E-state index in [1.165, 1.54) is 13.0 Å². The molecule has 3 rings (SSSR count). The van der Waals surface area contributed by atoms with Gasteiger partial charge in [-0.1, -0.05) is 30.3 Å². The molecule has 1 unspecified atom stereocenters. The highest BCUT2D eigenvalue weighted by molar-refractivity contribution is 5.66. The quantitative estimate of drug-likeness (QED) is 0.479. The second kappa shape index (κ2) is 6.70. The normalized spacial score (nSPS) is 15.9. The maximum atomic E-state index is 11.2. The molecule has 124 valence electrons. The van der Waals surface area contributed by atoms with Crippen LogP contribution in [0.1, 0.15) is 18.1 Å². The highest BCUT2D eigenvalue weighted by Gasteiger charge is 2.31. The fraction of sp³-hybridized carbons (Fsp3) is 0.278. The number of carbonyl (C=O) groups is 1. The molecule has 1 aliphatic heterocycles. The molecule has 1 aliphatic rings. The van der Waals surface area contributed by atoms with Gasteiger partial charge in [0.1, 0.15) is 6.61 Å². The van der Waals surface area contributed by atoms with Crippen molar-refractivity contribution in [1.82, 2.24) is 0 Å². The maximum absolute atomic E-state index is 11.2. The standard InChI is InChI=1S/C18H18N2O4/c1-13(21)24-12-17-10-15-9-16(20(22)23)7-8-18(15)19(17)11-14-5-3-2-4-6-14/h2-9,17H,10-12H2,1H3. The van der Waals surface area contributed by atoms with Gasteiger partial charge in [0.05, 0.1) is 11.0 Å². The lowest BCUT2D eigenvalue weighted by atomic mass is 10.1. The van der Waals surface area contributed by atoms with Gasteiger partial charge in [-0.2, -0.15) is 0 Å². The van der Waals surface area contributed by atoms with Crippen LogP contribution in [0.4, 0.5) is 11.4 Å². The number of ether oxygens (including phenoxy) is 1. The number of anilines is 1. The van der Waals surface area contributed by atoms with E-state index in [0.717, 1.165) is 16.8 Å².